The number of pyridine rings is 1. The van der Waals surface area contributed by atoms with E-state index in [-0.39, 0.29) is 17.0 Å². The predicted molar refractivity (Wildman–Crippen MR) is 119 cm³/mol. The number of nitrogens with zero attached hydrogens (tertiary/aromatic N) is 4. The Morgan fingerprint density at radius 1 is 1.19 bits per heavy atom. The second-order valence-electron chi connectivity index (χ2n) is 9.19. The zero-order valence-corrected chi connectivity index (χ0v) is 19.4. The van der Waals surface area contributed by atoms with Gasteiger partial charge in [-0.15, -0.1) is 10.2 Å². The van der Waals surface area contributed by atoms with Crippen molar-refractivity contribution in [3.63, 3.8) is 0 Å². The van der Waals surface area contributed by atoms with Crippen LogP contribution in [0, 0.1) is 6.92 Å². The van der Waals surface area contributed by atoms with Crippen LogP contribution >= 0.6 is 0 Å². The molecule has 2 aliphatic heterocycles. The maximum absolute atomic E-state index is 13.4. The average Bonchev–Trinajstić information content (AvgIpc) is 3.30. The molecule has 3 aromatic heterocycles. The number of aryl methyl sites for hydroxylation is 1. The summed E-state index contributed by atoms with van der Waals surface area (Å²) in [7, 11) is -3.79. The number of ether oxygens (including phenoxy) is 1. The standard InChI is InChI=1S/C21H28N6O4S/c1-13-8-26(9-14(2)22-13)19-7-16(32(28,29)25-21(4)11-30-12-21)10-27-17(19)5-6-18(27)20-24-23-15(3)31-20/h5-7,10,13-14,22,25H,8-9,11-12H2,1-4H3/t13-,14-/m0/s1. The molecule has 2 saturated heterocycles. The minimum atomic E-state index is -3.79. The van der Waals surface area contributed by atoms with Crippen LogP contribution in [0.5, 0.6) is 0 Å². The van der Waals surface area contributed by atoms with Crippen LogP contribution < -0.4 is 14.9 Å². The Labute approximate surface area is 187 Å². The zero-order valence-electron chi connectivity index (χ0n) is 18.6. The highest BCUT2D eigenvalue weighted by Gasteiger charge is 2.38. The van der Waals surface area contributed by atoms with E-state index in [1.165, 1.54) is 0 Å². The van der Waals surface area contributed by atoms with Gasteiger partial charge in [0.15, 0.2) is 0 Å². The third-order valence-electron chi connectivity index (χ3n) is 5.89. The van der Waals surface area contributed by atoms with Gasteiger partial charge in [-0.2, -0.15) is 0 Å². The second kappa shape index (κ2) is 7.55. The molecule has 0 aliphatic carbocycles. The van der Waals surface area contributed by atoms with E-state index in [2.05, 4.69) is 39.0 Å². The van der Waals surface area contributed by atoms with Gasteiger partial charge < -0.3 is 23.8 Å². The minimum Gasteiger partial charge on any atom is -0.420 e. The second-order valence-corrected chi connectivity index (χ2v) is 10.9. The Morgan fingerprint density at radius 2 is 1.91 bits per heavy atom. The largest absolute Gasteiger partial charge is 0.420 e. The fourth-order valence-corrected chi connectivity index (χ4v) is 5.91. The van der Waals surface area contributed by atoms with E-state index in [0.717, 1.165) is 24.3 Å². The number of piperazine rings is 1. The molecule has 2 fully saturated rings. The van der Waals surface area contributed by atoms with E-state index in [9.17, 15) is 8.42 Å². The van der Waals surface area contributed by atoms with E-state index in [1.54, 1.807) is 19.2 Å². The van der Waals surface area contributed by atoms with Gasteiger partial charge >= 0.3 is 0 Å². The van der Waals surface area contributed by atoms with Gasteiger partial charge in [0.2, 0.25) is 15.9 Å². The summed E-state index contributed by atoms with van der Waals surface area (Å²) in [5.41, 5.74) is 1.78. The van der Waals surface area contributed by atoms with Crippen LogP contribution in [0.3, 0.4) is 0 Å². The monoisotopic (exact) mass is 460 g/mol. The van der Waals surface area contributed by atoms with Crippen molar-refractivity contribution in [2.24, 2.45) is 0 Å². The lowest BCUT2D eigenvalue weighted by Gasteiger charge is -2.39. The Balaban J connectivity index is 1.67. The Bertz CT molecular complexity index is 1250. The van der Waals surface area contributed by atoms with Crippen molar-refractivity contribution in [3.05, 3.63) is 30.3 Å². The lowest BCUT2D eigenvalue weighted by atomic mass is 10.0. The van der Waals surface area contributed by atoms with E-state index >= 15 is 0 Å². The van der Waals surface area contributed by atoms with Crippen LogP contribution in [-0.4, -0.2) is 66.9 Å². The number of sulfonamides is 1. The van der Waals surface area contributed by atoms with Crippen LogP contribution in [-0.2, 0) is 14.8 Å². The molecule has 2 N–H and O–H groups in total. The van der Waals surface area contributed by atoms with Crippen molar-refractivity contribution >= 4 is 21.2 Å². The molecule has 3 aromatic rings. The molecule has 2 atom stereocenters. The van der Waals surface area contributed by atoms with Crippen LogP contribution in [0.15, 0.2) is 33.7 Å². The topological polar surface area (TPSA) is 114 Å². The van der Waals surface area contributed by atoms with Crippen LogP contribution in [0.25, 0.3) is 17.1 Å². The van der Waals surface area contributed by atoms with Crippen molar-refractivity contribution in [1.29, 1.82) is 0 Å². The van der Waals surface area contributed by atoms with E-state index in [0.29, 0.717) is 30.7 Å². The van der Waals surface area contributed by atoms with Gasteiger partial charge in [0.1, 0.15) is 10.6 Å². The third kappa shape index (κ3) is 3.79. The van der Waals surface area contributed by atoms with Gasteiger partial charge in [-0.3, -0.25) is 0 Å². The lowest BCUT2D eigenvalue weighted by molar-refractivity contribution is -0.0523. The van der Waals surface area contributed by atoms with Crippen molar-refractivity contribution in [2.75, 3.05) is 31.2 Å². The minimum absolute atomic E-state index is 0.181. The van der Waals surface area contributed by atoms with Gasteiger partial charge in [0.05, 0.1) is 30.0 Å². The van der Waals surface area contributed by atoms with Crippen molar-refractivity contribution in [3.8, 4) is 11.6 Å². The highest BCUT2D eigenvalue weighted by atomic mass is 32.2. The van der Waals surface area contributed by atoms with Crippen LogP contribution in [0.1, 0.15) is 26.7 Å². The molecule has 0 saturated carbocycles. The Hall–Kier alpha value is -2.47. The first-order chi connectivity index (χ1) is 15.1. The van der Waals surface area contributed by atoms with Crippen molar-refractivity contribution in [1.82, 2.24) is 24.6 Å². The number of nitrogens with one attached hydrogen (secondary N) is 2. The summed E-state index contributed by atoms with van der Waals surface area (Å²) in [5.74, 6) is 0.792. The molecule has 5 rings (SSSR count). The maximum Gasteiger partial charge on any atom is 0.264 e. The predicted octanol–water partition coefficient (Wildman–Crippen LogP) is 1.55. The number of hydrogen-bond acceptors (Lipinski definition) is 8. The lowest BCUT2D eigenvalue weighted by Crippen LogP contribution is -2.59. The molecule has 2 aliphatic rings. The summed E-state index contributed by atoms with van der Waals surface area (Å²) >= 11 is 0. The summed E-state index contributed by atoms with van der Waals surface area (Å²) < 4.78 is 42.2. The maximum atomic E-state index is 13.4. The summed E-state index contributed by atoms with van der Waals surface area (Å²) in [5, 5.41) is 11.6. The molecular formula is C21H28N6O4S. The first kappa shape index (κ1) is 21.4. The molecule has 11 heteroatoms. The van der Waals surface area contributed by atoms with E-state index in [1.807, 2.05) is 23.5 Å². The first-order valence-electron chi connectivity index (χ1n) is 10.7. The summed E-state index contributed by atoms with van der Waals surface area (Å²) in [6.07, 6.45) is 1.62. The normalized spacial score (nSPS) is 23.4. The smallest absolute Gasteiger partial charge is 0.264 e. The molecular weight excluding hydrogens is 432 g/mol. The van der Waals surface area contributed by atoms with Gasteiger partial charge in [-0.05, 0) is 39.0 Å². The number of aromatic nitrogens is 3. The van der Waals surface area contributed by atoms with Gasteiger partial charge in [-0.25, -0.2) is 13.1 Å². The number of fused-ring (bicyclic) bond motifs is 1. The molecule has 10 nitrogen and oxygen atoms in total. The molecule has 0 radical (unpaired) electrons. The highest BCUT2D eigenvalue weighted by molar-refractivity contribution is 7.89. The molecule has 172 valence electrons. The number of rotatable bonds is 5. The van der Waals surface area contributed by atoms with Gasteiger partial charge in [0.25, 0.3) is 5.89 Å². The fourth-order valence-electron chi connectivity index (χ4n) is 4.52. The van der Waals surface area contributed by atoms with Crippen LogP contribution in [0.4, 0.5) is 5.69 Å². The van der Waals surface area contributed by atoms with E-state index in [4.69, 9.17) is 9.15 Å². The van der Waals surface area contributed by atoms with Crippen molar-refractivity contribution < 1.29 is 17.6 Å². The molecule has 0 aromatic carbocycles. The molecule has 0 spiro atoms. The Morgan fingerprint density at radius 3 is 2.50 bits per heavy atom. The molecule has 5 heterocycles. The molecule has 32 heavy (non-hydrogen) atoms. The van der Waals surface area contributed by atoms with Gasteiger partial charge in [-0.1, -0.05) is 0 Å². The average molecular weight is 461 g/mol. The van der Waals surface area contributed by atoms with Crippen LogP contribution in [0.2, 0.25) is 0 Å². The quantitative estimate of drug-likeness (QED) is 0.590. The highest BCUT2D eigenvalue weighted by Crippen LogP contribution is 2.33. The molecule has 0 unspecified atom stereocenters. The first-order valence-corrected chi connectivity index (χ1v) is 12.2. The Kier molecular flexibility index (Phi) is 5.04. The molecule has 0 bridgehead atoms. The summed E-state index contributed by atoms with van der Waals surface area (Å²) in [6, 6.07) is 6.15. The molecule has 0 amide bonds. The number of anilines is 1. The summed E-state index contributed by atoms with van der Waals surface area (Å²) in [4.78, 5) is 2.41. The van der Waals surface area contributed by atoms with E-state index < -0.39 is 15.6 Å². The van der Waals surface area contributed by atoms with Crippen molar-refractivity contribution in [2.45, 2.75) is 50.2 Å². The van der Waals surface area contributed by atoms with Gasteiger partial charge in [0, 0.05) is 38.3 Å². The third-order valence-corrected chi connectivity index (χ3v) is 7.50. The number of hydrogen-bond donors (Lipinski definition) is 2. The summed E-state index contributed by atoms with van der Waals surface area (Å²) in [6.45, 7) is 10.1. The SMILES string of the molecule is Cc1nnc(-c2ccc3c(N4C[C@H](C)N[C@@H](C)C4)cc(S(=O)(=O)NC4(C)COC4)cn23)o1. The zero-order chi connectivity index (χ0) is 22.7. The fraction of sp³-hybridized carbons (Fsp3) is 0.524.